The maximum Gasteiger partial charge on any atom is 0.280 e. The molecule has 0 bridgehead atoms. The lowest BCUT2D eigenvalue weighted by Crippen LogP contribution is -2.25. The molecule has 158 valence electrons. The van der Waals surface area contributed by atoms with Gasteiger partial charge in [-0.25, -0.2) is 0 Å². The van der Waals surface area contributed by atoms with Crippen molar-refractivity contribution in [3.05, 3.63) is 82.4 Å². The highest BCUT2D eigenvalue weighted by Crippen LogP contribution is 2.31. The number of amides is 1. The molecule has 0 atom stereocenters. The van der Waals surface area contributed by atoms with Crippen LogP contribution in [0.1, 0.15) is 28.8 Å². The first-order valence-electron chi connectivity index (χ1n) is 9.87. The first-order valence-corrected chi connectivity index (χ1v) is 10.9. The third kappa shape index (κ3) is 4.83. The summed E-state index contributed by atoms with van der Waals surface area (Å²) in [6, 6.07) is 14.3. The Morgan fingerprint density at radius 2 is 1.97 bits per heavy atom. The number of carbonyl (C=O) groups is 1. The van der Waals surface area contributed by atoms with Crippen LogP contribution < -0.4 is 5.32 Å². The molecule has 1 saturated carbocycles. The molecule has 0 aliphatic heterocycles. The van der Waals surface area contributed by atoms with E-state index in [0.29, 0.717) is 40.4 Å². The zero-order valence-electron chi connectivity index (χ0n) is 16.7. The van der Waals surface area contributed by atoms with E-state index >= 15 is 0 Å². The fraction of sp³-hybridized carbons (Fsp3) is 0.227. The van der Waals surface area contributed by atoms with Crippen molar-refractivity contribution in [1.82, 2.24) is 20.1 Å². The quantitative estimate of drug-likeness (QED) is 0.234. The van der Waals surface area contributed by atoms with Crippen molar-refractivity contribution in [1.29, 1.82) is 0 Å². The van der Waals surface area contributed by atoms with Gasteiger partial charge in [-0.05, 0) is 36.6 Å². The van der Waals surface area contributed by atoms with Gasteiger partial charge < -0.3 is 5.32 Å². The Bertz CT molecular complexity index is 1120. The van der Waals surface area contributed by atoms with E-state index < -0.39 is 4.92 Å². The number of nitro benzene ring substituents is 1. The molecular weight excluding hydrogens is 414 g/mol. The molecule has 8 nitrogen and oxygen atoms in total. The summed E-state index contributed by atoms with van der Waals surface area (Å²) in [6.45, 7) is 4.21. The van der Waals surface area contributed by atoms with Crippen LogP contribution in [0.3, 0.4) is 0 Å². The summed E-state index contributed by atoms with van der Waals surface area (Å²) in [5.41, 5.74) is 2.08. The number of aromatic nitrogens is 3. The maximum atomic E-state index is 12.1. The molecule has 31 heavy (non-hydrogen) atoms. The minimum atomic E-state index is -0.421. The minimum absolute atomic E-state index is 0.0168. The Hall–Kier alpha value is -3.46. The predicted octanol–water partition coefficient (Wildman–Crippen LogP) is 4.22. The van der Waals surface area contributed by atoms with Crippen molar-refractivity contribution in [2.45, 2.75) is 36.3 Å². The Kier molecular flexibility index (Phi) is 6.13. The number of thioether (sulfide) groups is 1. The highest BCUT2D eigenvalue weighted by atomic mass is 32.2. The van der Waals surface area contributed by atoms with E-state index in [1.807, 2.05) is 28.8 Å². The van der Waals surface area contributed by atoms with E-state index in [1.54, 1.807) is 24.3 Å². The Morgan fingerprint density at radius 3 is 2.65 bits per heavy atom. The molecule has 1 heterocycles. The number of nitro groups is 1. The minimum Gasteiger partial charge on any atom is -0.349 e. The molecule has 3 aromatic rings. The van der Waals surface area contributed by atoms with Crippen LogP contribution in [0.2, 0.25) is 0 Å². The van der Waals surface area contributed by atoms with Gasteiger partial charge in [0, 0.05) is 30.0 Å². The molecule has 1 aliphatic carbocycles. The van der Waals surface area contributed by atoms with Crippen LogP contribution in [0.15, 0.2) is 66.3 Å². The van der Waals surface area contributed by atoms with Gasteiger partial charge in [0.2, 0.25) is 0 Å². The number of carbonyl (C=O) groups excluding carboxylic acids is 1. The molecule has 1 fully saturated rings. The molecule has 1 amide bonds. The molecule has 1 aliphatic rings. The summed E-state index contributed by atoms with van der Waals surface area (Å²) in [5, 5.41) is 23.5. The van der Waals surface area contributed by atoms with Gasteiger partial charge in [-0.1, -0.05) is 42.1 Å². The van der Waals surface area contributed by atoms with Crippen LogP contribution in [0.4, 0.5) is 5.69 Å². The van der Waals surface area contributed by atoms with Crippen molar-refractivity contribution in [2.75, 3.05) is 0 Å². The summed E-state index contributed by atoms with van der Waals surface area (Å²) < 4.78 is 1.82. The van der Waals surface area contributed by atoms with E-state index in [-0.39, 0.29) is 11.6 Å². The molecule has 2 aromatic carbocycles. The lowest BCUT2D eigenvalue weighted by Gasteiger charge is -2.08. The SMILES string of the molecule is C=CCn1c(SCc2ccc(C(=O)NC3CC3)cc2)nnc1-c1ccccc1[N+](=O)[O-]. The van der Waals surface area contributed by atoms with Gasteiger partial charge >= 0.3 is 0 Å². The van der Waals surface area contributed by atoms with Crippen LogP contribution in [-0.4, -0.2) is 31.6 Å². The normalized spacial score (nSPS) is 13.0. The Balaban J connectivity index is 1.51. The van der Waals surface area contributed by atoms with Crippen LogP contribution in [0, 0.1) is 10.1 Å². The molecule has 0 radical (unpaired) electrons. The van der Waals surface area contributed by atoms with Gasteiger partial charge in [-0.2, -0.15) is 0 Å². The fourth-order valence-electron chi connectivity index (χ4n) is 3.11. The molecule has 0 saturated heterocycles. The third-order valence-electron chi connectivity index (χ3n) is 4.87. The van der Waals surface area contributed by atoms with Gasteiger partial charge in [0.25, 0.3) is 11.6 Å². The second-order valence-electron chi connectivity index (χ2n) is 7.21. The molecule has 0 unspecified atom stereocenters. The van der Waals surface area contributed by atoms with E-state index in [0.717, 1.165) is 18.4 Å². The molecule has 0 spiro atoms. The number of para-hydroxylation sites is 1. The van der Waals surface area contributed by atoms with Gasteiger partial charge in [0.15, 0.2) is 11.0 Å². The summed E-state index contributed by atoms with van der Waals surface area (Å²) in [6.07, 6.45) is 3.82. The zero-order valence-corrected chi connectivity index (χ0v) is 17.5. The topological polar surface area (TPSA) is 103 Å². The van der Waals surface area contributed by atoms with E-state index in [2.05, 4.69) is 22.1 Å². The van der Waals surface area contributed by atoms with Crippen molar-refractivity contribution >= 4 is 23.4 Å². The van der Waals surface area contributed by atoms with Crippen molar-refractivity contribution in [3.8, 4) is 11.4 Å². The standard InChI is InChI=1S/C22H21N5O3S/c1-2-13-26-20(18-5-3-4-6-19(18)27(29)30)24-25-22(26)31-14-15-7-9-16(10-8-15)21(28)23-17-11-12-17/h2-10,17H,1,11-14H2,(H,23,28). The third-order valence-corrected chi connectivity index (χ3v) is 5.90. The van der Waals surface area contributed by atoms with E-state index in [1.165, 1.54) is 17.8 Å². The van der Waals surface area contributed by atoms with Crippen molar-refractivity contribution in [3.63, 3.8) is 0 Å². The van der Waals surface area contributed by atoms with E-state index in [9.17, 15) is 14.9 Å². The number of benzene rings is 2. The summed E-state index contributed by atoms with van der Waals surface area (Å²) >= 11 is 1.48. The Labute approximate surface area is 183 Å². The second kappa shape index (κ2) is 9.13. The van der Waals surface area contributed by atoms with Crippen LogP contribution in [-0.2, 0) is 12.3 Å². The molecule has 9 heteroatoms. The number of hydrogen-bond acceptors (Lipinski definition) is 6. The second-order valence-corrected chi connectivity index (χ2v) is 8.16. The van der Waals surface area contributed by atoms with Crippen molar-refractivity contribution < 1.29 is 9.72 Å². The Morgan fingerprint density at radius 1 is 1.23 bits per heavy atom. The first kappa shape index (κ1) is 20.8. The molecule has 1 N–H and O–H groups in total. The molecule has 4 rings (SSSR count). The summed E-state index contributed by atoms with van der Waals surface area (Å²) in [7, 11) is 0. The van der Waals surface area contributed by atoms with E-state index in [4.69, 9.17) is 0 Å². The van der Waals surface area contributed by atoms with Crippen molar-refractivity contribution in [2.24, 2.45) is 0 Å². The lowest BCUT2D eigenvalue weighted by atomic mass is 10.1. The van der Waals surface area contributed by atoms with Crippen LogP contribution in [0.5, 0.6) is 0 Å². The zero-order chi connectivity index (χ0) is 21.8. The predicted molar refractivity (Wildman–Crippen MR) is 119 cm³/mol. The van der Waals surface area contributed by atoms with Gasteiger partial charge in [0.05, 0.1) is 10.5 Å². The average Bonchev–Trinajstić information content (AvgIpc) is 3.51. The smallest absolute Gasteiger partial charge is 0.280 e. The number of allylic oxidation sites excluding steroid dienone is 1. The number of rotatable bonds is 9. The summed E-state index contributed by atoms with van der Waals surface area (Å²) in [4.78, 5) is 23.1. The summed E-state index contributed by atoms with van der Waals surface area (Å²) in [5.74, 6) is 1.01. The van der Waals surface area contributed by atoms with Crippen LogP contribution >= 0.6 is 11.8 Å². The average molecular weight is 436 g/mol. The lowest BCUT2D eigenvalue weighted by molar-refractivity contribution is -0.384. The molecular formula is C22H21N5O3S. The van der Waals surface area contributed by atoms with Gasteiger partial charge in [-0.15, -0.1) is 16.8 Å². The highest BCUT2D eigenvalue weighted by Gasteiger charge is 2.24. The van der Waals surface area contributed by atoms with Gasteiger partial charge in [-0.3, -0.25) is 19.5 Å². The molecule has 1 aromatic heterocycles. The fourth-order valence-corrected chi connectivity index (χ4v) is 4.01. The number of nitrogens with zero attached hydrogens (tertiary/aromatic N) is 4. The van der Waals surface area contributed by atoms with Gasteiger partial charge in [0.1, 0.15) is 0 Å². The monoisotopic (exact) mass is 435 g/mol. The maximum absolute atomic E-state index is 12.1. The number of hydrogen-bond donors (Lipinski definition) is 1. The van der Waals surface area contributed by atoms with Crippen LogP contribution in [0.25, 0.3) is 11.4 Å². The first-order chi connectivity index (χ1) is 15.1. The number of nitrogens with one attached hydrogen (secondary N) is 1. The highest BCUT2D eigenvalue weighted by molar-refractivity contribution is 7.98. The largest absolute Gasteiger partial charge is 0.349 e.